The van der Waals surface area contributed by atoms with Gasteiger partial charge in [0.25, 0.3) is 0 Å². The van der Waals surface area contributed by atoms with Gasteiger partial charge in [-0.1, -0.05) is 5.16 Å². The summed E-state index contributed by atoms with van der Waals surface area (Å²) in [7, 11) is 1.63. The van der Waals surface area contributed by atoms with Gasteiger partial charge in [-0.2, -0.15) is 4.98 Å². The van der Waals surface area contributed by atoms with Crippen LogP contribution in [0, 0.1) is 5.92 Å². The first-order valence-electron chi connectivity index (χ1n) is 8.22. The second kappa shape index (κ2) is 7.33. The van der Waals surface area contributed by atoms with Gasteiger partial charge >= 0.3 is 6.01 Å². The van der Waals surface area contributed by atoms with Crippen molar-refractivity contribution in [1.82, 2.24) is 15.5 Å². The van der Waals surface area contributed by atoms with Crippen LogP contribution < -0.4 is 15.0 Å². The van der Waals surface area contributed by atoms with Gasteiger partial charge in [-0.05, 0) is 44.0 Å². The number of ether oxygens (including phenoxy) is 1. The number of benzene rings is 1. The first-order chi connectivity index (χ1) is 11.7. The molecule has 3 rings (SSSR count). The molecule has 1 N–H and O–H groups in total. The molecule has 0 saturated carbocycles. The molecule has 1 saturated heterocycles. The summed E-state index contributed by atoms with van der Waals surface area (Å²) in [5.41, 5.74) is 0.878. The number of piperidine rings is 1. The predicted molar refractivity (Wildman–Crippen MR) is 89.9 cm³/mol. The van der Waals surface area contributed by atoms with Gasteiger partial charge in [0.2, 0.25) is 11.7 Å². The molecule has 1 aliphatic rings. The van der Waals surface area contributed by atoms with Crippen LogP contribution in [0.1, 0.15) is 19.8 Å². The quantitative estimate of drug-likeness (QED) is 0.904. The van der Waals surface area contributed by atoms with Crippen LogP contribution in [0.25, 0.3) is 11.4 Å². The minimum absolute atomic E-state index is 0.0742. The van der Waals surface area contributed by atoms with Crippen molar-refractivity contribution in [1.29, 1.82) is 0 Å². The number of methoxy groups -OCH3 is 1. The summed E-state index contributed by atoms with van der Waals surface area (Å²) in [4.78, 5) is 18.4. The van der Waals surface area contributed by atoms with Gasteiger partial charge in [-0.25, -0.2) is 0 Å². The summed E-state index contributed by atoms with van der Waals surface area (Å²) in [5.74, 6) is 1.56. The maximum absolute atomic E-state index is 11.9. The lowest BCUT2D eigenvalue weighted by Gasteiger charge is -2.29. The number of amides is 1. The fourth-order valence-corrected chi connectivity index (χ4v) is 2.85. The standard InChI is InChI=1S/C17H22N4O3/c1-3-18-16(22)13-8-10-21(11-9-13)17-19-15(20-24-17)12-4-6-14(23-2)7-5-12/h4-7,13H,3,8-11H2,1-2H3,(H,18,22). The minimum Gasteiger partial charge on any atom is -0.497 e. The van der Waals surface area contributed by atoms with Gasteiger partial charge in [0.05, 0.1) is 7.11 Å². The highest BCUT2D eigenvalue weighted by Gasteiger charge is 2.27. The zero-order chi connectivity index (χ0) is 16.9. The van der Waals surface area contributed by atoms with Crippen LogP contribution in [0.4, 0.5) is 6.01 Å². The van der Waals surface area contributed by atoms with E-state index in [1.54, 1.807) is 7.11 Å². The van der Waals surface area contributed by atoms with Gasteiger partial charge < -0.3 is 19.5 Å². The van der Waals surface area contributed by atoms with E-state index < -0.39 is 0 Å². The minimum atomic E-state index is 0.0742. The summed E-state index contributed by atoms with van der Waals surface area (Å²) in [6.07, 6.45) is 1.60. The maximum atomic E-state index is 11.9. The van der Waals surface area contributed by atoms with Crippen LogP contribution >= 0.6 is 0 Å². The Kier molecular flexibility index (Phi) is 4.98. The molecule has 7 nitrogen and oxygen atoms in total. The highest BCUT2D eigenvalue weighted by atomic mass is 16.5. The number of carbonyl (C=O) groups excluding carboxylic acids is 1. The van der Waals surface area contributed by atoms with E-state index in [1.807, 2.05) is 36.1 Å². The van der Waals surface area contributed by atoms with Gasteiger partial charge in [-0.15, -0.1) is 0 Å². The van der Waals surface area contributed by atoms with Crippen molar-refractivity contribution in [3.8, 4) is 17.1 Å². The fourth-order valence-electron chi connectivity index (χ4n) is 2.85. The molecule has 0 radical (unpaired) electrons. The normalized spacial score (nSPS) is 15.3. The second-order valence-electron chi connectivity index (χ2n) is 5.78. The Morgan fingerprint density at radius 1 is 1.33 bits per heavy atom. The molecule has 128 valence electrons. The van der Waals surface area contributed by atoms with E-state index >= 15 is 0 Å². The lowest BCUT2D eigenvalue weighted by Crippen LogP contribution is -2.40. The number of carbonyl (C=O) groups is 1. The molecule has 1 aromatic carbocycles. The smallest absolute Gasteiger partial charge is 0.324 e. The molecule has 1 aliphatic heterocycles. The Morgan fingerprint density at radius 3 is 2.67 bits per heavy atom. The van der Waals surface area contributed by atoms with Gasteiger partial charge in [0.1, 0.15) is 5.75 Å². The Morgan fingerprint density at radius 2 is 2.04 bits per heavy atom. The zero-order valence-corrected chi connectivity index (χ0v) is 14.0. The van der Waals surface area contributed by atoms with E-state index in [0.717, 1.165) is 37.2 Å². The van der Waals surface area contributed by atoms with Gasteiger partial charge in [0.15, 0.2) is 0 Å². The van der Waals surface area contributed by atoms with Crippen LogP contribution in [0.15, 0.2) is 28.8 Å². The van der Waals surface area contributed by atoms with Crippen LogP contribution in [0.2, 0.25) is 0 Å². The monoisotopic (exact) mass is 330 g/mol. The van der Waals surface area contributed by atoms with Crippen LogP contribution in [-0.4, -0.2) is 42.8 Å². The summed E-state index contributed by atoms with van der Waals surface area (Å²) < 4.78 is 10.5. The molecule has 2 aromatic rings. The van der Waals surface area contributed by atoms with Crippen LogP contribution in [0.3, 0.4) is 0 Å². The van der Waals surface area contributed by atoms with Crippen molar-refractivity contribution in [2.45, 2.75) is 19.8 Å². The molecule has 0 spiro atoms. The molecular weight excluding hydrogens is 308 g/mol. The Labute approximate surface area is 141 Å². The van der Waals surface area contributed by atoms with Crippen molar-refractivity contribution < 1.29 is 14.1 Å². The highest BCUT2D eigenvalue weighted by molar-refractivity contribution is 5.78. The number of hydrogen-bond donors (Lipinski definition) is 1. The molecule has 1 aromatic heterocycles. The Hall–Kier alpha value is -2.57. The van der Waals surface area contributed by atoms with E-state index in [1.165, 1.54) is 0 Å². The van der Waals surface area contributed by atoms with E-state index in [-0.39, 0.29) is 11.8 Å². The van der Waals surface area contributed by atoms with E-state index in [0.29, 0.717) is 18.4 Å². The summed E-state index contributed by atoms with van der Waals surface area (Å²) in [6, 6.07) is 8.03. The second-order valence-corrected chi connectivity index (χ2v) is 5.78. The SMILES string of the molecule is CCNC(=O)C1CCN(c2nc(-c3ccc(OC)cc3)no2)CC1. The number of nitrogens with zero attached hydrogens (tertiary/aromatic N) is 3. The summed E-state index contributed by atoms with van der Waals surface area (Å²) >= 11 is 0. The molecule has 0 aliphatic carbocycles. The van der Waals surface area contributed by atoms with Crippen LogP contribution in [0.5, 0.6) is 5.75 Å². The molecule has 1 fully saturated rings. The van der Waals surface area contributed by atoms with Crippen LogP contribution in [-0.2, 0) is 4.79 Å². The van der Waals surface area contributed by atoms with E-state index in [2.05, 4.69) is 15.5 Å². The number of aromatic nitrogens is 2. The number of anilines is 1. The first-order valence-corrected chi connectivity index (χ1v) is 8.22. The lowest BCUT2D eigenvalue weighted by atomic mass is 9.96. The zero-order valence-electron chi connectivity index (χ0n) is 14.0. The number of hydrogen-bond acceptors (Lipinski definition) is 6. The molecule has 0 atom stereocenters. The van der Waals surface area contributed by atoms with E-state index in [9.17, 15) is 4.79 Å². The topological polar surface area (TPSA) is 80.5 Å². The Bertz CT molecular complexity index is 675. The average molecular weight is 330 g/mol. The molecule has 1 amide bonds. The average Bonchev–Trinajstić information content (AvgIpc) is 3.12. The third-order valence-corrected chi connectivity index (χ3v) is 4.25. The molecule has 2 heterocycles. The number of rotatable bonds is 5. The lowest BCUT2D eigenvalue weighted by molar-refractivity contribution is -0.125. The Balaban J connectivity index is 1.63. The highest BCUT2D eigenvalue weighted by Crippen LogP contribution is 2.25. The maximum Gasteiger partial charge on any atom is 0.324 e. The van der Waals surface area contributed by atoms with Crippen molar-refractivity contribution in [2.75, 3.05) is 31.6 Å². The summed E-state index contributed by atoms with van der Waals surface area (Å²) in [5, 5.41) is 6.94. The van der Waals surface area contributed by atoms with Crippen molar-refractivity contribution in [2.24, 2.45) is 5.92 Å². The largest absolute Gasteiger partial charge is 0.497 e. The summed E-state index contributed by atoms with van der Waals surface area (Å²) in [6.45, 7) is 4.10. The molecule has 7 heteroatoms. The van der Waals surface area contributed by atoms with Gasteiger partial charge in [0, 0.05) is 31.1 Å². The van der Waals surface area contributed by atoms with Crippen molar-refractivity contribution in [3.05, 3.63) is 24.3 Å². The van der Waals surface area contributed by atoms with Crippen molar-refractivity contribution in [3.63, 3.8) is 0 Å². The predicted octanol–water partition coefficient (Wildman–Crippen LogP) is 2.10. The third kappa shape index (κ3) is 3.50. The molecular formula is C17H22N4O3. The molecule has 0 unspecified atom stereocenters. The van der Waals surface area contributed by atoms with Crippen molar-refractivity contribution >= 4 is 11.9 Å². The third-order valence-electron chi connectivity index (χ3n) is 4.25. The number of nitrogens with one attached hydrogen (secondary N) is 1. The molecule has 0 bridgehead atoms. The first kappa shape index (κ1) is 16.3. The van der Waals surface area contributed by atoms with Gasteiger partial charge in [-0.3, -0.25) is 4.79 Å². The van der Waals surface area contributed by atoms with E-state index in [4.69, 9.17) is 9.26 Å². The fraction of sp³-hybridized carbons (Fsp3) is 0.471. The molecule has 24 heavy (non-hydrogen) atoms.